The van der Waals surface area contributed by atoms with Crippen molar-refractivity contribution in [3.8, 4) is 0 Å². The fourth-order valence-electron chi connectivity index (χ4n) is 0.862. The second kappa shape index (κ2) is 4.43. The summed E-state index contributed by atoms with van der Waals surface area (Å²) in [6.45, 7) is 0. The highest BCUT2D eigenvalue weighted by molar-refractivity contribution is 7.80. The van der Waals surface area contributed by atoms with E-state index in [1.165, 1.54) is 7.11 Å². The number of rotatable bonds is 2. The Morgan fingerprint density at radius 2 is 2.00 bits per heavy atom. The Morgan fingerprint density at radius 1 is 1.42 bits per heavy atom. The maximum atomic E-state index is 5.99. The van der Waals surface area contributed by atoms with Gasteiger partial charge in [-0.25, -0.2) is 0 Å². The number of benzene rings is 1. The van der Waals surface area contributed by atoms with Crippen molar-refractivity contribution in [3.05, 3.63) is 35.9 Å². The van der Waals surface area contributed by atoms with Crippen LogP contribution in [0.3, 0.4) is 0 Å². The minimum Gasteiger partial charge on any atom is -0.488 e. The monoisotopic (exact) mass is 200 g/mol. The molecule has 0 spiro atoms. The normalized spacial score (nSPS) is 12.2. The fourth-order valence-corrected chi connectivity index (χ4v) is 1.23. The fraction of sp³-hybridized carbons (Fsp3) is 0.222. The highest BCUT2D eigenvalue weighted by Gasteiger charge is 2.12. The largest absolute Gasteiger partial charge is 0.488 e. The van der Waals surface area contributed by atoms with Crippen LogP contribution < -0.4 is 0 Å². The average Bonchev–Trinajstić information content (AvgIpc) is 2.17. The Bertz CT molecular complexity index is 260. The van der Waals surface area contributed by atoms with Gasteiger partial charge in [0, 0.05) is 0 Å². The van der Waals surface area contributed by atoms with Crippen LogP contribution in [0.4, 0.5) is 0 Å². The van der Waals surface area contributed by atoms with Gasteiger partial charge in [0.1, 0.15) is 5.38 Å². The van der Waals surface area contributed by atoms with E-state index in [1.54, 1.807) is 0 Å². The summed E-state index contributed by atoms with van der Waals surface area (Å²) in [5.41, 5.74) is 0.964. The second-order valence-electron chi connectivity index (χ2n) is 2.30. The van der Waals surface area contributed by atoms with Gasteiger partial charge < -0.3 is 4.74 Å². The van der Waals surface area contributed by atoms with Crippen LogP contribution >= 0.6 is 23.8 Å². The minimum absolute atomic E-state index is 0.328. The molecular formula is C9H9ClOS. The zero-order valence-corrected chi connectivity index (χ0v) is 8.23. The van der Waals surface area contributed by atoms with E-state index < -0.39 is 0 Å². The van der Waals surface area contributed by atoms with Crippen molar-refractivity contribution < 1.29 is 4.74 Å². The summed E-state index contributed by atoms with van der Waals surface area (Å²) in [4.78, 5) is 0. The first-order valence-electron chi connectivity index (χ1n) is 3.52. The topological polar surface area (TPSA) is 9.23 Å². The standard InChI is InChI=1S/C9H9ClOS/c1-11-9(12)8(10)7-5-3-2-4-6-7/h2-6,8H,1H3. The molecule has 0 aliphatic heterocycles. The van der Waals surface area contributed by atoms with Gasteiger partial charge in [0.05, 0.1) is 7.11 Å². The van der Waals surface area contributed by atoms with Gasteiger partial charge in [-0.05, 0) is 17.8 Å². The van der Waals surface area contributed by atoms with Crippen LogP contribution in [0.1, 0.15) is 10.9 Å². The molecule has 0 radical (unpaired) electrons. The first kappa shape index (κ1) is 9.49. The van der Waals surface area contributed by atoms with E-state index >= 15 is 0 Å². The molecule has 0 aliphatic carbocycles. The van der Waals surface area contributed by atoms with Crippen LogP contribution in [0.5, 0.6) is 0 Å². The molecule has 0 saturated heterocycles. The minimum atomic E-state index is -0.328. The van der Waals surface area contributed by atoms with Crippen molar-refractivity contribution in [2.45, 2.75) is 5.38 Å². The van der Waals surface area contributed by atoms with Crippen LogP contribution in [0.15, 0.2) is 30.3 Å². The first-order chi connectivity index (χ1) is 5.75. The summed E-state index contributed by atoms with van der Waals surface area (Å²) < 4.78 is 4.87. The smallest absolute Gasteiger partial charge is 0.181 e. The highest BCUT2D eigenvalue weighted by Crippen LogP contribution is 2.21. The molecule has 1 rings (SSSR count). The number of hydrogen-bond donors (Lipinski definition) is 0. The average molecular weight is 201 g/mol. The van der Waals surface area contributed by atoms with Crippen molar-refractivity contribution in [1.82, 2.24) is 0 Å². The molecule has 1 atom stereocenters. The Labute approximate surface area is 82.3 Å². The zero-order valence-electron chi connectivity index (χ0n) is 6.66. The number of methoxy groups -OCH3 is 1. The molecule has 0 saturated carbocycles. The summed E-state index contributed by atoms with van der Waals surface area (Å²) in [6, 6.07) is 9.61. The predicted octanol–water partition coefficient (Wildman–Crippen LogP) is 2.94. The SMILES string of the molecule is COC(=S)C(Cl)c1ccccc1. The van der Waals surface area contributed by atoms with Crippen molar-refractivity contribution in [1.29, 1.82) is 0 Å². The second-order valence-corrected chi connectivity index (χ2v) is 3.14. The summed E-state index contributed by atoms with van der Waals surface area (Å²) in [5, 5.41) is 0.0778. The number of halogens is 1. The van der Waals surface area contributed by atoms with Gasteiger partial charge in [-0.2, -0.15) is 0 Å². The number of ether oxygens (including phenoxy) is 1. The van der Waals surface area contributed by atoms with E-state index in [9.17, 15) is 0 Å². The summed E-state index contributed by atoms with van der Waals surface area (Å²) in [6.07, 6.45) is 0. The van der Waals surface area contributed by atoms with E-state index in [0.29, 0.717) is 5.05 Å². The highest BCUT2D eigenvalue weighted by atomic mass is 35.5. The molecule has 12 heavy (non-hydrogen) atoms. The van der Waals surface area contributed by atoms with E-state index in [2.05, 4.69) is 0 Å². The summed E-state index contributed by atoms with van der Waals surface area (Å²) >= 11 is 10.9. The molecule has 1 unspecified atom stereocenters. The molecular weight excluding hydrogens is 192 g/mol. The Morgan fingerprint density at radius 3 is 2.50 bits per heavy atom. The zero-order chi connectivity index (χ0) is 8.97. The van der Waals surface area contributed by atoms with Gasteiger partial charge >= 0.3 is 0 Å². The summed E-state index contributed by atoms with van der Waals surface area (Å²) in [5.74, 6) is 0. The van der Waals surface area contributed by atoms with E-state index in [0.717, 1.165) is 5.56 Å². The molecule has 1 aromatic carbocycles. The van der Waals surface area contributed by atoms with Gasteiger partial charge in [-0.15, -0.1) is 11.6 Å². The van der Waals surface area contributed by atoms with Gasteiger partial charge in [-0.3, -0.25) is 0 Å². The number of alkyl halides is 1. The predicted molar refractivity (Wildman–Crippen MR) is 54.6 cm³/mol. The quantitative estimate of drug-likeness (QED) is 0.536. The Kier molecular flexibility index (Phi) is 3.50. The molecule has 0 amide bonds. The van der Waals surface area contributed by atoms with E-state index in [-0.39, 0.29) is 5.38 Å². The number of thiocarbonyl (C=S) groups is 1. The summed E-state index contributed by atoms with van der Waals surface area (Å²) in [7, 11) is 1.53. The van der Waals surface area contributed by atoms with Crippen LogP contribution in [-0.4, -0.2) is 12.2 Å². The molecule has 1 aromatic rings. The molecule has 0 heterocycles. The molecule has 0 aromatic heterocycles. The van der Waals surface area contributed by atoms with Crippen LogP contribution in [-0.2, 0) is 4.74 Å². The molecule has 64 valence electrons. The van der Waals surface area contributed by atoms with Crippen LogP contribution in [0.25, 0.3) is 0 Å². The lowest BCUT2D eigenvalue weighted by Gasteiger charge is -2.09. The van der Waals surface area contributed by atoms with Crippen LogP contribution in [0, 0.1) is 0 Å². The third kappa shape index (κ3) is 2.19. The third-order valence-electron chi connectivity index (χ3n) is 1.50. The van der Waals surface area contributed by atoms with Crippen molar-refractivity contribution in [2.75, 3.05) is 7.11 Å². The van der Waals surface area contributed by atoms with Crippen molar-refractivity contribution in [3.63, 3.8) is 0 Å². The third-order valence-corrected chi connectivity index (χ3v) is 2.48. The van der Waals surface area contributed by atoms with Crippen molar-refractivity contribution in [2.24, 2.45) is 0 Å². The Balaban J connectivity index is 2.78. The molecule has 0 N–H and O–H groups in total. The molecule has 0 bridgehead atoms. The molecule has 0 fully saturated rings. The van der Waals surface area contributed by atoms with Gasteiger partial charge in [-0.1, -0.05) is 30.3 Å². The molecule has 3 heteroatoms. The lowest BCUT2D eigenvalue weighted by molar-refractivity contribution is 0.404. The molecule has 1 nitrogen and oxygen atoms in total. The first-order valence-corrected chi connectivity index (χ1v) is 4.37. The van der Waals surface area contributed by atoms with E-state index in [1.807, 2.05) is 30.3 Å². The molecule has 0 aliphatic rings. The van der Waals surface area contributed by atoms with Crippen molar-refractivity contribution >= 4 is 28.9 Å². The lowest BCUT2D eigenvalue weighted by atomic mass is 10.1. The van der Waals surface area contributed by atoms with Gasteiger partial charge in [0.2, 0.25) is 0 Å². The maximum Gasteiger partial charge on any atom is 0.181 e. The Hall–Kier alpha value is -0.600. The maximum absolute atomic E-state index is 5.99. The van der Waals surface area contributed by atoms with Crippen LogP contribution in [0.2, 0.25) is 0 Å². The van der Waals surface area contributed by atoms with E-state index in [4.69, 9.17) is 28.6 Å². The number of hydrogen-bond acceptors (Lipinski definition) is 2. The lowest BCUT2D eigenvalue weighted by Crippen LogP contribution is -2.05. The van der Waals surface area contributed by atoms with Gasteiger partial charge in [0.15, 0.2) is 5.05 Å². The van der Waals surface area contributed by atoms with Gasteiger partial charge in [0.25, 0.3) is 0 Å².